The lowest BCUT2D eigenvalue weighted by Gasteiger charge is -2.06. The van der Waals surface area contributed by atoms with Gasteiger partial charge in [0.1, 0.15) is 9.26 Å². The first kappa shape index (κ1) is 12.2. The summed E-state index contributed by atoms with van der Waals surface area (Å²) in [5.41, 5.74) is 4.35. The smallest absolute Gasteiger partial charge is 0.305 e. The fourth-order valence-electron chi connectivity index (χ4n) is 1.02. The molecule has 1 heterocycles. The zero-order chi connectivity index (χ0) is 11.6. The Morgan fingerprint density at radius 2 is 2.27 bits per heavy atom. The van der Waals surface area contributed by atoms with Crippen molar-refractivity contribution < 1.29 is 13.7 Å². The van der Waals surface area contributed by atoms with Crippen LogP contribution in [-0.4, -0.2) is 9.91 Å². The van der Waals surface area contributed by atoms with Crippen molar-refractivity contribution in [3.63, 3.8) is 0 Å². The third kappa shape index (κ3) is 2.37. The molecule has 5 nitrogen and oxygen atoms in total. The fraction of sp³-hybridized carbons (Fsp3) is 0.286. The lowest BCUT2D eigenvalue weighted by Crippen LogP contribution is -2.08. The van der Waals surface area contributed by atoms with Gasteiger partial charge in [0.15, 0.2) is 0 Å². The van der Waals surface area contributed by atoms with Crippen LogP contribution in [0.25, 0.3) is 0 Å². The van der Waals surface area contributed by atoms with Crippen LogP contribution in [0.5, 0.6) is 0 Å². The molecular weight excluding hydrogens is 323 g/mol. The monoisotopic (exact) mass is 329 g/mol. The van der Waals surface area contributed by atoms with E-state index in [1.54, 1.807) is 0 Å². The molecule has 82 valence electrons. The molecule has 0 saturated carbocycles. The molecule has 8 heteroatoms. The number of alkyl halides is 2. The van der Waals surface area contributed by atoms with Crippen molar-refractivity contribution in [2.24, 2.45) is 5.73 Å². The first-order chi connectivity index (χ1) is 6.99. The predicted octanol–water partition coefficient (Wildman–Crippen LogP) is 1.99. The second-order valence-electron chi connectivity index (χ2n) is 2.58. The Morgan fingerprint density at radius 3 is 2.67 bits per heavy atom. The van der Waals surface area contributed by atoms with E-state index in [-0.39, 0.29) is 15.8 Å². The molecule has 0 aliphatic heterocycles. The summed E-state index contributed by atoms with van der Waals surface area (Å²) < 4.78 is 24.7. The zero-order valence-corrected chi connectivity index (χ0v) is 9.44. The van der Waals surface area contributed by atoms with Crippen molar-refractivity contribution in [2.45, 2.75) is 13.0 Å². The Bertz CT molecular complexity index is 400. The van der Waals surface area contributed by atoms with Crippen LogP contribution in [-0.2, 0) is 6.54 Å². The summed E-state index contributed by atoms with van der Waals surface area (Å²) in [4.78, 5) is 13.4. The minimum atomic E-state index is -2.78. The first-order valence-electron chi connectivity index (χ1n) is 3.79. The SMILES string of the molecule is NCc1ncc(C(F)F)c(I)c1[N+](=O)[O-]. The van der Waals surface area contributed by atoms with Crippen molar-refractivity contribution >= 4 is 28.3 Å². The van der Waals surface area contributed by atoms with Crippen LogP contribution in [0.2, 0.25) is 0 Å². The van der Waals surface area contributed by atoms with Gasteiger partial charge in [-0.3, -0.25) is 15.1 Å². The normalized spacial score (nSPS) is 10.7. The summed E-state index contributed by atoms with van der Waals surface area (Å²) in [6.07, 6.45) is -1.86. The van der Waals surface area contributed by atoms with E-state index in [0.717, 1.165) is 6.20 Å². The van der Waals surface area contributed by atoms with E-state index in [0.29, 0.717) is 0 Å². The third-order valence-electron chi connectivity index (χ3n) is 1.71. The van der Waals surface area contributed by atoms with Gasteiger partial charge < -0.3 is 5.73 Å². The van der Waals surface area contributed by atoms with E-state index in [1.165, 1.54) is 22.6 Å². The van der Waals surface area contributed by atoms with Crippen molar-refractivity contribution in [1.82, 2.24) is 4.98 Å². The van der Waals surface area contributed by atoms with Crippen LogP contribution < -0.4 is 5.73 Å². The van der Waals surface area contributed by atoms with Crippen LogP contribution in [0, 0.1) is 13.7 Å². The molecule has 0 saturated heterocycles. The van der Waals surface area contributed by atoms with E-state index >= 15 is 0 Å². The Morgan fingerprint density at radius 1 is 1.67 bits per heavy atom. The summed E-state index contributed by atoms with van der Waals surface area (Å²) in [5.74, 6) is 0. The van der Waals surface area contributed by atoms with Gasteiger partial charge in [-0.25, -0.2) is 8.78 Å². The first-order valence-corrected chi connectivity index (χ1v) is 4.86. The molecule has 0 aromatic carbocycles. The minimum Gasteiger partial charge on any atom is -0.325 e. The highest BCUT2D eigenvalue weighted by atomic mass is 127. The van der Waals surface area contributed by atoms with Gasteiger partial charge in [-0.1, -0.05) is 0 Å². The van der Waals surface area contributed by atoms with Crippen LogP contribution in [0.15, 0.2) is 6.20 Å². The van der Waals surface area contributed by atoms with E-state index < -0.39 is 22.6 Å². The summed E-state index contributed by atoms with van der Waals surface area (Å²) in [6.45, 7) is -0.157. The summed E-state index contributed by atoms with van der Waals surface area (Å²) in [7, 11) is 0. The number of halogens is 3. The van der Waals surface area contributed by atoms with Crippen LogP contribution in [0.3, 0.4) is 0 Å². The van der Waals surface area contributed by atoms with Crippen LogP contribution in [0.4, 0.5) is 14.5 Å². The number of rotatable bonds is 3. The lowest BCUT2D eigenvalue weighted by atomic mass is 10.2. The van der Waals surface area contributed by atoms with Gasteiger partial charge in [0.25, 0.3) is 6.43 Å². The minimum absolute atomic E-state index is 0.00815. The van der Waals surface area contributed by atoms with Crippen molar-refractivity contribution in [3.8, 4) is 0 Å². The maximum Gasteiger partial charge on any atom is 0.305 e. The van der Waals surface area contributed by atoms with Crippen molar-refractivity contribution in [3.05, 3.63) is 31.1 Å². The molecule has 0 amide bonds. The molecule has 1 aromatic heterocycles. The Labute approximate surface area is 97.0 Å². The van der Waals surface area contributed by atoms with Crippen LogP contribution in [0.1, 0.15) is 17.7 Å². The Kier molecular flexibility index (Phi) is 3.85. The standard InChI is InChI=1S/C7H6F2IN3O2/c8-7(9)3-2-12-4(1-11)6(5(3)10)13(14)15/h2,7H,1,11H2. The van der Waals surface area contributed by atoms with Gasteiger partial charge >= 0.3 is 5.69 Å². The molecule has 0 aliphatic rings. The number of nitrogens with two attached hydrogens (primary N) is 1. The van der Waals surface area contributed by atoms with E-state index in [4.69, 9.17) is 5.73 Å². The van der Waals surface area contributed by atoms with Crippen LogP contribution >= 0.6 is 22.6 Å². The Hall–Kier alpha value is -0.900. The molecule has 1 rings (SSSR count). The largest absolute Gasteiger partial charge is 0.325 e. The fourth-order valence-corrected chi connectivity index (χ4v) is 1.90. The van der Waals surface area contributed by atoms with Gasteiger partial charge in [0.2, 0.25) is 0 Å². The molecule has 0 unspecified atom stereocenters. The highest BCUT2D eigenvalue weighted by molar-refractivity contribution is 14.1. The number of aromatic nitrogens is 1. The second kappa shape index (κ2) is 4.75. The van der Waals surface area contributed by atoms with E-state index in [2.05, 4.69) is 4.98 Å². The van der Waals surface area contributed by atoms with Crippen molar-refractivity contribution in [2.75, 3.05) is 0 Å². The van der Waals surface area contributed by atoms with E-state index in [1.807, 2.05) is 0 Å². The van der Waals surface area contributed by atoms with E-state index in [9.17, 15) is 18.9 Å². The molecule has 2 N–H and O–H groups in total. The summed E-state index contributed by atoms with van der Waals surface area (Å²) >= 11 is 1.50. The van der Waals surface area contributed by atoms with Crippen molar-refractivity contribution in [1.29, 1.82) is 0 Å². The second-order valence-corrected chi connectivity index (χ2v) is 3.66. The molecule has 0 spiro atoms. The van der Waals surface area contributed by atoms with Gasteiger partial charge in [-0.15, -0.1) is 0 Å². The highest BCUT2D eigenvalue weighted by Gasteiger charge is 2.25. The average molecular weight is 329 g/mol. The molecule has 0 bridgehead atoms. The molecule has 0 atom stereocenters. The molecule has 0 radical (unpaired) electrons. The summed E-state index contributed by atoms with van der Waals surface area (Å²) in [6, 6.07) is 0. The maximum atomic E-state index is 12.4. The third-order valence-corrected chi connectivity index (χ3v) is 2.84. The Balaban J connectivity index is 3.42. The topological polar surface area (TPSA) is 82.0 Å². The number of nitro groups is 1. The van der Waals surface area contributed by atoms with Gasteiger partial charge in [-0.05, 0) is 22.6 Å². The molecule has 0 fully saturated rings. The molecule has 0 aliphatic carbocycles. The average Bonchev–Trinajstić information content (AvgIpc) is 2.15. The number of hydrogen-bond acceptors (Lipinski definition) is 4. The van der Waals surface area contributed by atoms with Gasteiger partial charge in [0, 0.05) is 12.7 Å². The molecule has 1 aromatic rings. The maximum absolute atomic E-state index is 12.4. The quantitative estimate of drug-likeness (QED) is 0.522. The summed E-state index contributed by atoms with van der Waals surface area (Å²) in [5, 5.41) is 10.6. The number of hydrogen-bond donors (Lipinski definition) is 1. The zero-order valence-electron chi connectivity index (χ0n) is 7.28. The van der Waals surface area contributed by atoms with Gasteiger partial charge in [0.05, 0.1) is 10.5 Å². The lowest BCUT2D eigenvalue weighted by molar-refractivity contribution is -0.387. The van der Waals surface area contributed by atoms with Gasteiger partial charge in [-0.2, -0.15) is 0 Å². The number of nitrogens with zero attached hydrogens (tertiary/aromatic N) is 2. The molecule has 15 heavy (non-hydrogen) atoms. The highest BCUT2D eigenvalue weighted by Crippen LogP contribution is 2.32. The molecular formula is C7H6F2IN3O2. The predicted molar refractivity (Wildman–Crippen MR) is 56.5 cm³/mol. The number of pyridine rings is 1.